The molecular formula is C41H59N3O4. The predicted molar refractivity (Wildman–Crippen MR) is 201 cm³/mol. The van der Waals surface area contributed by atoms with E-state index in [4.69, 9.17) is 24.7 Å². The normalized spacial score (nSPS) is 10.6. The van der Waals surface area contributed by atoms with Gasteiger partial charge >= 0.3 is 0 Å². The van der Waals surface area contributed by atoms with Gasteiger partial charge in [0.2, 0.25) is 0 Å². The summed E-state index contributed by atoms with van der Waals surface area (Å²) in [6.45, 7) is 9.13. The summed E-state index contributed by atoms with van der Waals surface area (Å²) in [6, 6.07) is 26.1. The minimum absolute atomic E-state index is 0.718. The number of hydrogen-bond acceptors (Lipinski definition) is 7. The van der Waals surface area contributed by atoms with Crippen LogP contribution in [0.2, 0.25) is 0 Å². The second-order valence-electron chi connectivity index (χ2n) is 12.0. The summed E-state index contributed by atoms with van der Waals surface area (Å²) in [5.41, 5.74) is 7.60. The Labute approximate surface area is 289 Å². The van der Waals surface area contributed by atoms with Crippen molar-refractivity contribution in [3.8, 4) is 23.0 Å². The molecule has 1 heterocycles. The molecular weight excluding hydrogens is 598 g/mol. The zero-order valence-electron chi connectivity index (χ0n) is 29.5. The van der Waals surface area contributed by atoms with Crippen LogP contribution in [-0.4, -0.2) is 44.5 Å². The van der Waals surface area contributed by atoms with Crippen molar-refractivity contribution in [2.75, 3.05) is 44.8 Å². The maximum atomic E-state index is 5.85. The third kappa shape index (κ3) is 16.2. The van der Waals surface area contributed by atoms with E-state index in [1.807, 2.05) is 79.0 Å². The van der Waals surface area contributed by atoms with E-state index in [1.165, 1.54) is 43.9 Å². The maximum Gasteiger partial charge on any atom is 0.119 e. The number of nitrogens with one attached hydrogen (secondary N) is 1. The molecule has 4 aromatic rings. The average Bonchev–Trinajstić information content (AvgIpc) is 3.13. The summed E-state index contributed by atoms with van der Waals surface area (Å²) in [6.07, 6.45) is 15.8. The van der Waals surface area contributed by atoms with Gasteiger partial charge in [0.25, 0.3) is 0 Å². The molecule has 48 heavy (non-hydrogen) atoms. The number of pyridine rings is 1. The summed E-state index contributed by atoms with van der Waals surface area (Å²) in [5.74, 6) is 3.64. The Kier molecular flexibility index (Phi) is 20.1. The molecule has 0 atom stereocenters. The standard InChI is InChI=1S/C25H32N2O2.C16H27NO2/c1-2-3-4-8-19-28-21-12-14-22(15-13-21)29-20-9-7-17-26-25-16-18-27-24-11-6-5-10-23(24)25;1-2-3-4-6-13-18-15-8-10-16(11-9-15)19-14-7-5-12-17/h5-6,10-16,18H,2-4,7-9,17,19-20H2,1H3,(H,26,27);8-11H,2-7,12-14,17H2,1H3. The molecule has 3 aromatic carbocycles. The highest BCUT2D eigenvalue weighted by molar-refractivity contribution is 5.90. The average molecular weight is 658 g/mol. The minimum atomic E-state index is 0.718. The molecule has 0 saturated carbocycles. The Morgan fingerprint density at radius 3 is 1.46 bits per heavy atom. The fourth-order valence-corrected chi connectivity index (χ4v) is 5.03. The molecule has 0 amide bonds. The van der Waals surface area contributed by atoms with Crippen molar-refractivity contribution in [3.63, 3.8) is 0 Å². The van der Waals surface area contributed by atoms with Crippen LogP contribution in [0.3, 0.4) is 0 Å². The van der Waals surface area contributed by atoms with Gasteiger partial charge in [-0.05, 0) is 106 Å². The van der Waals surface area contributed by atoms with Crippen LogP contribution in [-0.2, 0) is 0 Å². The zero-order chi connectivity index (χ0) is 33.9. The highest BCUT2D eigenvalue weighted by atomic mass is 16.5. The molecule has 0 aliphatic heterocycles. The Bertz CT molecular complexity index is 1340. The molecule has 0 radical (unpaired) electrons. The van der Waals surface area contributed by atoms with Gasteiger partial charge in [-0.2, -0.15) is 0 Å². The molecule has 0 spiro atoms. The van der Waals surface area contributed by atoms with Gasteiger partial charge in [-0.1, -0.05) is 70.6 Å². The molecule has 3 N–H and O–H groups in total. The van der Waals surface area contributed by atoms with Gasteiger partial charge in [0.05, 0.1) is 31.9 Å². The number of para-hydroxylation sites is 1. The number of nitrogens with two attached hydrogens (primary N) is 1. The van der Waals surface area contributed by atoms with Crippen LogP contribution in [0.4, 0.5) is 5.69 Å². The molecule has 0 aliphatic carbocycles. The van der Waals surface area contributed by atoms with Crippen molar-refractivity contribution < 1.29 is 18.9 Å². The van der Waals surface area contributed by atoms with Crippen LogP contribution in [0.15, 0.2) is 85.1 Å². The van der Waals surface area contributed by atoms with Crippen molar-refractivity contribution in [2.24, 2.45) is 5.73 Å². The van der Waals surface area contributed by atoms with Crippen molar-refractivity contribution in [1.29, 1.82) is 0 Å². The Hall–Kier alpha value is -3.97. The lowest BCUT2D eigenvalue weighted by molar-refractivity contribution is 0.298. The smallest absolute Gasteiger partial charge is 0.119 e. The lowest BCUT2D eigenvalue weighted by atomic mass is 10.2. The van der Waals surface area contributed by atoms with Crippen LogP contribution < -0.4 is 30.0 Å². The summed E-state index contributed by atoms with van der Waals surface area (Å²) in [7, 11) is 0. The number of fused-ring (bicyclic) bond motifs is 1. The number of aromatic nitrogens is 1. The Morgan fingerprint density at radius 2 is 0.979 bits per heavy atom. The van der Waals surface area contributed by atoms with E-state index in [1.54, 1.807) is 0 Å². The van der Waals surface area contributed by atoms with Gasteiger partial charge in [-0.3, -0.25) is 4.98 Å². The molecule has 0 bridgehead atoms. The van der Waals surface area contributed by atoms with Crippen LogP contribution in [0, 0.1) is 0 Å². The summed E-state index contributed by atoms with van der Waals surface area (Å²) in [5, 5.41) is 4.68. The summed E-state index contributed by atoms with van der Waals surface area (Å²) < 4.78 is 22.9. The Balaban J connectivity index is 0.000000286. The first-order valence-corrected chi connectivity index (χ1v) is 18.2. The van der Waals surface area contributed by atoms with Gasteiger partial charge in [0.1, 0.15) is 23.0 Å². The van der Waals surface area contributed by atoms with Crippen LogP contribution in [0.1, 0.15) is 90.9 Å². The highest BCUT2D eigenvalue weighted by Gasteiger charge is 2.02. The number of rotatable bonds is 24. The van der Waals surface area contributed by atoms with E-state index < -0.39 is 0 Å². The number of unbranched alkanes of at least 4 members (excludes halogenated alkanes) is 8. The maximum absolute atomic E-state index is 5.85. The van der Waals surface area contributed by atoms with Crippen LogP contribution >= 0.6 is 0 Å². The largest absolute Gasteiger partial charge is 0.494 e. The zero-order valence-corrected chi connectivity index (χ0v) is 29.5. The number of benzene rings is 3. The van der Waals surface area contributed by atoms with Crippen molar-refractivity contribution in [3.05, 3.63) is 85.1 Å². The fraction of sp³-hybridized carbons (Fsp3) is 0.488. The van der Waals surface area contributed by atoms with Crippen LogP contribution in [0.5, 0.6) is 23.0 Å². The number of anilines is 1. The number of nitrogens with zero attached hydrogens (tertiary/aromatic N) is 1. The lowest BCUT2D eigenvalue weighted by Crippen LogP contribution is -2.05. The first kappa shape index (κ1) is 38.5. The summed E-state index contributed by atoms with van der Waals surface area (Å²) in [4.78, 5) is 4.40. The van der Waals surface area contributed by atoms with Crippen molar-refractivity contribution >= 4 is 16.6 Å². The molecule has 7 nitrogen and oxygen atoms in total. The highest BCUT2D eigenvalue weighted by Crippen LogP contribution is 2.22. The topological polar surface area (TPSA) is 87.9 Å². The predicted octanol–water partition coefficient (Wildman–Crippen LogP) is 10.2. The third-order valence-corrected chi connectivity index (χ3v) is 7.85. The molecule has 262 valence electrons. The number of hydrogen-bond donors (Lipinski definition) is 2. The lowest BCUT2D eigenvalue weighted by Gasteiger charge is -2.10. The molecule has 4 rings (SSSR count). The second kappa shape index (κ2) is 25.1. The molecule has 0 saturated heterocycles. The molecule has 0 fully saturated rings. The molecule has 1 aromatic heterocycles. The quantitative estimate of drug-likeness (QED) is 0.0725. The van der Waals surface area contributed by atoms with E-state index in [2.05, 4.69) is 30.2 Å². The van der Waals surface area contributed by atoms with E-state index in [9.17, 15) is 0 Å². The van der Waals surface area contributed by atoms with Gasteiger partial charge in [-0.15, -0.1) is 0 Å². The second-order valence-corrected chi connectivity index (χ2v) is 12.0. The van der Waals surface area contributed by atoms with Gasteiger partial charge in [-0.25, -0.2) is 0 Å². The van der Waals surface area contributed by atoms with Gasteiger partial charge in [0.15, 0.2) is 0 Å². The monoisotopic (exact) mass is 657 g/mol. The van der Waals surface area contributed by atoms with Crippen molar-refractivity contribution in [2.45, 2.75) is 90.9 Å². The van der Waals surface area contributed by atoms with Crippen LogP contribution in [0.25, 0.3) is 10.9 Å². The summed E-state index contributed by atoms with van der Waals surface area (Å²) >= 11 is 0. The molecule has 7 heteroatoms. The van der Waals surface area contributed by atoms with Gasteiger partial charge in [0, 0.05) is 23.8 Å². The third-order valence-electron chi connectivity index (χ3n) is 7.85. The van der Waals surface area contributed by atoms with Crippen molar-refractivity contribution in [1.82, 2.24) is 4.98 Å². The minimum Gasteiger partial charge on any atom is -0.494 e. The molecule has 0 aliphatic rings. The van der Waals surface area contributed by atoms with Gasteiger partial charge < -0.3 is 30.0 Å². The fourth-order valence-electron chi connectivity index (χ4n) is 5.03. The molecule has 0 unspecified atom stereocenters. The van der Waals surface area contributed by atoms with E-state index in [0.717, 1.165) is 112 Å². The van der Waals surface area contributed by atoms with E-state index in [0.29, 0.717) is 0 Å². The SMILES string of the molecule is CCCCCCOc1ccc(OCCCCN)cc1.CCCCCCOc1ccc(OCCCCNc2ccnc3ccccc23)cc1. The van der Waals surface area contributed by atoms with E-state index >= 15 is 0 Å². The first-order valence-electron chi connectivity index (χ1n) is 18.2. The first-order chi connectivity index (χ1) is 23.7. The Morgan fingerprint density at radius 1 is 0.521 bits per heavy atom. The van der Waals surface area contributed by atoms with E-state index in [-0.39, 0.29) is 0 Å². The number of ether oxygens (including phenoxy) is 4.